The molecule has 0 spiro atoms. The van der Waals surface area contributed by atoms with E-state index in [1.807, 2.05) is 12.2 Å². The Labute approximate surface area is 294 Å². The van der Waals surface area contributed by atoms with Gasteiger partial charge in [-0.15, -0.1) is 0 Å². The molecule has 0 aliphatic heterocycles. The normalized spacial score (nSPS) is 12.7. The van der Waals surface area contributed by atoms with Gasteiger partial charge < -0.3 is 14.6 Å². The molecule has 0 saturated carbocycles. The first-order chi connectivity index (χ1) is 23.3. The van der Waals surface area contributed by atoms with Gasteiger partial charge in [0, 0.05) is 19.3 Å². The largest absolute Gasteiger partial charge is 0.463 e. The van der Waals surface area contributed by atoms with Gasteiger partial charge in [0.05, 0.1) is 0 Å². The van der Waals surface area contributed by atoms with Crippen molar-refractivity contribution in [2.45, 2.75) is 181 Å². The second-order valence-corrected chi connectivity index (χ2v) is 13.6. The molecule has 6 heteroatoms. The van der Waals surface area contributed by atoms with Crippen molar-refractivity contribution in [1.29, 1.82) is 0 Å². The van der Waals surface area contributed by atoms with Crippen LogP contribution in [0.4, 0.5) is 0 Å². The minimum Gasteiger partial charge on any atom is -0.463 e. The predicted molar refractivity (Wildman–Crippen MR) is 201 cm³/mol. The Hall–Kier alpha value is -2.47. The number of rotatable bonds is 34. The molecule has 0 aromatic heterocycles. The van der Waals surface area contributed by atoms with E-state index in [-0.39, 0.29) is 37.8 Å². The van der Waals surface area contributed by atoms with E-state index in [4.69, 9.17) is 9.47 Å². The van der Waals surface area contributed by atoms with E-state index in [1.165, 1.54) is 96.0 Å². The van der Waals surface area contributed by atoms with Crippen LogP contribution in [0, 0.1) is 5.92 Å². The Morgan fingerprint density at radius 3 is 1.62 bits per heavy atom. The molecule has 0 heterocycles. The highest BCUT2D eigenvalue weighted by atomic mass is 16.6. The van der Waals surface area contributed by atoms with Crippen LogP contribution in [0.1, 0.15) is 175 Å². The molecule has 0 amide bonds. The zero-order chi connectivity index (χ0) is 35.3. The second kappa shape index (κ2) is 35.8. The standard InChI is InChI=1S/C42H72O6/c1-4-5-6-7-8-9-10-12-16-19-22-25-28-32-39(43)33-30-35-42(46)48-37-40(44)36-47-41(45)34-29-26-23-20-17-14-11-13-15-18-21-24-27-31-38(2)3/h8-9,12,16,22,25,28,32,38,40,44H,4-7,10-11,13-15,17-21,23-24,26-27,29-31,33-37H2,1-3H3/b9-8-,16-12-,25-22-,32-28+/t40-/m0/s1. The lowest BCUT2D eigenvalue weighted by atomic mass is 10.0. The minimum atomic E-state index is -1.05. The fraction of sp³-hybridized carbons (Fsp3) is 0.738. The molecule has 0 saturated heterocycles. The van der Waals surface area contributed by atoms with Crippen molar-refractivity contribution in [3.8, 4) is 0 Å². The smallest absolute Gasteiger partial charge is 0.305 e. The molecule has 0 aromatic rings. The summed E-state index contributed by atoms with van der Waals surface area (Å²) < 4.78 is 10.2. The number of esters is 2. The summed E-state index contributed by atoms with van der Waals surface area (Å²) in [6.07, 6.45) is 40.2. The van der Waals surface area contributed by atoms with Crippen LogP contribution in [0.15, 0.2) is 48.6 Å². The molecule has 1 N–H and O–H groups in total. The van der Waals surface area contributed by atoms with E-state index < -0.39 is 12.1 Å². The van der Waals surface area contributed by atoms with Crippen LogP contribution >= 0.6 is 0 Å². The number of carbonyl (C=O) groups excluding carboxylic acids is 3. The van der Waals surface area contributed by atoms with Gasteiger partial charge in [0.1, 0.15) is 19.3 Å². The van der Waals surface area contributed by atoms with Gasteiger partial charge in [0.25, 0.3) is 0 Å². The minimum absolute atomic E-state index is 0.0491. The van der Waals surface area contributed by atoms with Crippen molar-refractivity contribution >= 4 is 17.7 Å². The summed E-state index contributed by atoms with van der Waals surface area (Å²) in [7, 11) is 0. The van der Waals surface area contributed by atoms with Crippen LogP contribution in [0.3, 0.4) is 0 Å². The molecule has 6 nitrogen and oxygen atoms in total. The number of allylic oxidation sites excluding steroid dienone is 8. The van der Waals surface area contributed by atoms with Crippen molar-refractivity contribution in [3.63, 3.8) is 0 Å². The van der Waals surface area contributed by atoms with Gasteiger partial charge >= 0.3 is 11.9 Å². The Bertz CT molecular complexity index is 885. The number of hydrogen-bond acceptors (Lipinski definition) is 6. The Morgan fingerprint density at radius 2 is 1.06 bits per heavy atom. The molecule has 0 unspecified atom stereocenters. The lowest BCUT2D eigenvalue weighted by Crippen LogP contribution is -2.25. The topological polar surface area (TPSA) is 89.9 Å². The highest BCUT2D eigenvalue weighted by molar-refractivity contribution is 5.90. The summed E-state index contributed by atoms with van der Waals surface area (Å²) in [5.41, 5.74) is 0. The molecule has 0 fully saturated rings. The lowest BCUT2D eigenvalue weighted by Gasteiger charge is -2.12. The maximum absolute atomic E-state index is 12.0. The maximum Gasteiger partial charge on any atom is 0.305 e. The van der Waals surface area contributed by atoms with Gasteiger partial charge in [-0.2, -0.15) is 0 Å². The van der Waals surface area contributed by atoms with Crippen molar-refractivity contribution in [3.05, 3.63) is 48.6 Å². The molecule has 276 valence electrons. The third-order valence-electron chi connectivity index (χ3n) is 8.22. The number of carbonyl (C=O) groups is 3. The summed E-state index contributed by atoms with van der Waals surface area (Å²) in [5, 5.41) is 9.99. The van der Waals surface area contributed by atoms with Crippen molar-refractivity contribution in [1.82, 2.24) is 0 Å². The van der Waals surface area contributed by atoms with E-state index in [0.717, 1.165) is 44.4 Å². The second-order valence-electron chi connectivity index (χ2n) is 13.6. The number of ether oxygens (including phenoxy) is 2. The molecule has 0 bridgehead atoms. The summed E-state index contributed by atoms with van der Waals surface area (Å²) in [6.45, 7) is 6.40. The van der Waals surface area contributed by atoms with Gasteiger partial charge in [0.2, 0.25) is 0 Å². The number of hydrogen-bond donors (Lipinski definition) is 1. The van der Waals surface area contributed by atoms with Crippen LogP contribution in [0.2, 0.25) is 0 Å². The number of unbranched alkanes of at least 4 members (excludes halogenated alkanes) is 15. The third-order valence-corrected chi connectivity index (χ3v) is 8.22. The summed E-state index contributed by atoms with van der Waals surface area (Å²) in [6, 6.07) is 0. The van der Waals surface area contributed by atoms with E-state index in [1.54, 1.807) is 6.08 Å². The SMILES string of the molecule is CCCCC/C=C\C/C=C\C/C=C\C=C\C(=O)CCCC(=O)OC[C@@H](O)COC(=O)CCCCCCCCCCCCCCCC(C)C. The van der Waals surface area contributed by atoms with Gasteiger partial charge in [-0.3, -0.25) is 14.4 Å². The molecule has 0 radical (unpaired) electrons. The average Bonchev–Trinajstić information content (AvgIpc) is 3.06. The average molecular weight is 673 g/mol. The molecule has 0 aliphatic rings. The molecular weight excluding hydrogens is 600 g/mol. The Morgan fingerprint density at radius 1 is 0.562 bits per heavy atom. The lowest BCUT2D eigenvalue weighted by molar-refractivity contribution is -0.152. The van der Waals surface area contributed by atoms with Crippen LogP contribution in [-0.4, -0.2) is 42.1 Å². The van der Waals surface area contributed by atoms with Crippen LogP contribution < -0.4 is 0 Å². The van der Waals surface area contributed by atoms with Crippen molar-refractivity contribution in [2.24, 2.45) is 5.92 Å². The summed E-state index contributed by atoms with van der Waals surface area (Å²) in [5.74, 6) is -0.0227. The third kappa shape index (κ3) is 36.4. The fourth-order valence-electron chi connectivity index (χ4n) is 5.22. The first-order valence-corrected chi connectivity index (χ1v) is 19.5. The Balaban J connectivity index is 3.63. The molecule has 1 atom stereocenters. The van der Waals surface area contributed by atoms with Gasteiger partial charge in [-0.25, -0.2) is 0 Å². The molecule has 48 heavy (non-hydrogen) atoms. The highest BCUT2D eigenvalue weighted by Crippen LogP contribution is 2.15. The van der Waals surface area contributed by atoms with Crippen molar-refractivity contribution in [2.75, 3.05) is 13.2 Å². The van der Waals surface area contributed by atoms with Crippen molar-refractivity contribution < 1.29 is 29.0 Å². The van der Waals surface area contributed by atoms with E-state index in [2.05, 4.69) is 45.1 Å². The zero-order valence-corrected chi connectivity index (χ0v) is 31.1. The molecular formula is C42H72O6. The van der Waals surface area contributed by atoms with Crippen LogP contribution in [-0.2, 0) is 23.9 Å². The van der Waals surface area contributed by atoms with Crippen LogP contribution in [0.25, 0.3) is 0 Å². The van der Waals surface area contributed by atoms with Crippen LogP contribution in [0.5, 0.6) is 0 Å². The van der Waals surface area contributed by atoms with E-state index >= 15 is 0 Å². The van der Waals surface area contributed by atoms with Gasteiger partial charge in [0.15, 0.2) is 5.78 Å². The number of aliphatic hydroxyl groups is 1. The summed E-state index contributed by atoms with van der Waals surface area (Å²) in [4.78, 5) is 35.9. The fourth-order valence-corrected chi connectivity index (χ4v) is 5.22. The van der Waals surface area contributed by atoms with Gasteiger partial charge in [-0.1, -0.05) is 160 Å². The molecule has 0 aromatic carbocycles. The number of ketones is 1. The number of aliphatic hydroxyl groups excluding tert-OH is 1. The Kier molecular flexibility index (Phi) is 34.0. The zero-order valence-electron chi connectivity index (χ0n) is 31.1. The monoisotopic (exact) mass is 673 g/mol. The first-order valence-electron chi connectivity index (χ1n) is 19.5. The van der Waals surface area contributed by atoms with E-state index in [0.29, 0.717) is 12.8 Å². The maximum atomic E-state index is 12.0. The predicted octanol–water partition coefficient (Wildman–Crippen LogP) is 11.3. The highest BCUT2D eigenvalue weighted by Gasteiger charge is 2.12. The molecule has 0 aliphatic carbocycles. The quantitative estimate of drug-likeness (QED) is 0.0240. The summed E-state index contributed by atoms with van der Waals surface area (Å²) >= 11 is 0. The molecule has 0 rings (SSSR count). The van der Waals surface area contributed by atoms with E-state index in [9.17, 15) is 19.5 Å². The first kappa shape index (κ1) is 45.5. The van der Waals surface area contributed by atoms with Gasteiger partial charge in [-0.05, 0) is 50.5 Å².